The van der Waals surface area contributed by atoms with Crippen molar-refractivity contribution in [1.29, 1.82) is 0 Å². The Morgan fingerprint density at radius 2 is 1.45 bits per heavy atom. The summed E-state index contributed by atoms with van der Waals surface area (Å²) in [5.41, 5.74) is 1.92. The second kappa shape index (κ2) is 11.8. The lowest BCUT2D eigenvalue weighted by atomic mass is 10.00. The Balaban J connectivity index is 1.33. The predicted octanol–water partition coefficient (Wildman–Crippen LogP) is 4.00. The van der Waals surface area contributed by atoms with Gasteiger partial charge in [-0.1, -0.05) is 67.1 Å². The molecule has 176 valence electrons. The van der Waals surface area contributed by atoms with E-state index in [1.54, 1.807) is 0 Å². The Morgan fingerprint density at radius 3 is 2.09 bits per heavy atom. The highest BCUT2D eigenvalue weighted by Crippen LogP contribution is 2.21. The normalized spacial score (nSPS) is 18.5. The molecule has 1 atom stereocenters. The van der Waals surface area contributed by atoms with Crippen LogP contribution in [0, 0.1) is 0 Å². The van der Waals surface area contributed by atoms with Crippen LogP contribution in [-0.4, -0.2) is 60.1 Å². The van der Waals surface area contributed by atoms with Gasteiger partial charge in [0, 0.05) is 25.6 Å². The van der Waals surface area contributed by atoms with E-state index in [9.17, 15) is 9.59 Å². The van der Waals surface area contributed by atoms with Gasteiger partial charge in [-0.2, -0.15) is 0 Å². The lowest BCUT2D eigenvalue weighted by Crippen LogP contribution is -2.53. The summed E-state index contributed by atoms with van der Waals surface area (Å²) >= 11 is 0. The van der Waals surface area contributed by atoms with Crippen LogP contribution in [-0.2, 0) is 22.6 Å². The molecule has 0 unspecified atom stereocenters. The lowest BCUT2D eigenvalue weighted by Gasteiger charge is -2.40. The molecule has 4 rings (SSSR count). The number of nitrogens with one attached hydrogen (secondary N) is 1. The molecule has 0 spiro atoms. The number of hydrogen-bond acceptors (Lipinski definition) is 4. The van der Waals surface area contributed by atoms with Crippen molar-refractivity contribution in [3.63, 3.8) is 0 Å². The average molecular weight is 450 g/mol. The molecular formula is C27H35N3O3. The zero-order valence-corrected chi connectivity index (χ0v) is 19.3. The Kier molecular flexibility index (Phi) is 8.36. The maximum atomic E-state index is 13.1. The number of esters is 1. The molecule has 2 fully saturated rings. The summed E-state index contributed by atoms with van der Waals surface area (Å²) in [6.45, 7) is 4.02. The smallest absolute Gasteiger partial charge is 0.329 e. The van der Waals surface area contributed by atoms with E-state index >= 15 is 0 Å². The van der Waals surface area contributed by atoms with Gasteiger partial charge in [0.05, 0.1) is 0 Å². The highest BCUT2D eigenvalue weighted by atomic mass is 16.5. The van der Waals surface area contributed by atoms with E-state index < -0.39 is 12.0 Å². The van der Waals surface area contributed by atoms with E-state index in [2.05, 4.69) is 10.2 Å². The fraction of sp³-hybridized carbons (Fsp3) is 0.481. The summed E-state index contributed by atoms with van der Waals surface area (Å²) in [6.07, 6.45) is 6.30. The van der Waals surface area contributed by atoms with Gasteiger partial charge in [-0.25, -0.2) is 9.59 Å². The quantitative estimate of drug-likeness (QED) is 0.649. The second-order valence-electron chi connectivity index (χ2n) is 9.10. The highest BCUT2D eigenvalue weighted by Gasteiger charge is 2.30. The first-order valence-corrected chi connectivity index (χ1v) is 12.2. The molecule has 1 N–H and O–H groups in total. The zero-order valence-electron chi connectivity index (χ0n) is 19.3. The van der Waals surface area contributed by atoms with E-state index in [0.717, 1.165) is 37.1 Å². The first-order chi connectivity index (χ1) is 16.2. The third-order valence-electron chi connectivity index (χ3n) is 6.75. The number of carbonyl (C=O) groups excluding carboxylic acids is 2. The van der Waals surface area contributed by atoms with Crippen LogP contribution in [0.4, 0.5) is 4.79 Å². The summed E-state index contributed by atoms with van der Waals surface area (Å²) in [6, 6.07) is 19.0. The minimum atomic E-state index is -0.719. The van der Waals surface area contributed by atoms with Crippen molar-refractivity contribution in [1.82, 2.24) is 15.1 Å². The summed E-state index contributed by atoms with van der Waals surface area (Å²) in [5.74, 6) is -0.403. The van der Waals surface area contributed by atoms with Crippen molar-refractivity contribution in [2.75, 3.05) is 26.2 Å². The monoisotopic (exact) mass is 449 g/mol. The fourth-order valence-corrected chi connectivity index (χ4v) is 4.83. The van der Waals surface area contributed by atoms with Gasteiger partial charge < -0.3 is 19.9 Å². The number of piperidine rings is 2. The van der Waals surface area contributed by atoms with Gasteiger partial charge in [0.25, 0.3) is 0 Å². The van der Waals surface area contributed by atoms with Gasteiger partial charge >= 0.3 is 12.0 Å². The third kappa shape index (κ3) is 6.81. The molecule has 0 saturated carbocycles. The first-order valence-electron chi connectivity index (χ1n) is 12.2. The summed E-state index contributed by atoms with van der Waals surface area (Å²) in [5, 5.41) is 2.96. The van der Waals surface area contributed by atoms with Crippen LogP contribution in [0.3, 0.4) is 0 Å². The van der Waals surface area contributed by atoms with Crippen molar-refractivity contribution in [3.8, 4) is 0 Å². The number of urea groups is 1. The number of rotatable bonds is 7. The van der Waals surface area contributed by atoms with Gasteiger partial charge in [-0.05, 0) is 49.9 Å². The van der Waals surface area contributed by atoms with E-state index in [1.807, 2.05) is 65.6 Å². The molecule has 2 aliphatic rings. The molecule has 6 heteroatoms. The molecule has 0 aliphatic carbocycles. The van der Waals surface area contributed by atoms with Crippen molar-refractivity contribution in [3.05, 3.63) is 71.8 Å². The molecular weight excluding hydrogens is 414 g/mol. The Bertz CT molecular complexity index is 876. The van der Waals surface area contributed by atoms with Gasteiger partial charge in [0.15, 0.2) is 0 Å². The number of ether oxygens (including phenoxy) is 1. The molecule has 2 heterocycles. The standard InChI is InChI=1S/C27H35N3O3/c31-26(33-21-23-12-6-2-7-13-23)25(20-22-10-4-1-5-11-22)28-27(32)30-18-14-24(15-19-30)29-16-8-3-9-17-29/h1-2,4-7,10-13,24-25H,3,8-9,14-21H2,(H,28,32)/t25-/m0/s1. The van der Waals surface area contributed by atoms with Gasteiger partial charge in [-0.3, -0.25) is 0 Å². The first kappa shape index (κ1) is 23.3. The van der Waals surface area contributed by atoms with E-state index in [1.165, 1.54) is 32.4 Å². The maximum absolute atomic E-state index is 13.1. The van der Waals surface area contributed by atoms with Crippen molar-refractivity contribution in [2.45, 2.75) is 57.2 Å². The van der Waals surface area contributed by atoms with Crippen molar-refractivity contribution >= 4 is 12.0 Å². The van der Waals surface area contributed by atoms with Gasteiger partial charge in [-0.15, -0.1) is 0 Å². The zero-order chi connectivity index (χ0) is 22.9. The average Bonchev–Trinajstić information content (AvgIpc) is 2.88. The van der Waals surface area contributed by atoms with E-state index in [-0.39, 0.29) is 12.6 Å². The minimum Gasteiger partial charge on any atom is -0.459 e. The van der Waals surface area contributed by atoms with E-state index in [4.69, 9.17) is 4.74 Å². The Hall–Kier alpha value is -2.86. The molecule has 33 heavy (non-hydrogen) atoms. The Morgan fingerprint density at radius 1 is 0.848 bits per heavy atom. The predicted molar refractivity (Wildman–Crippen MR) is 129 cm³/mol. The molecule has 2 aliphatic heterocycles. The SMILES string of the molecule is O=C(OCc1ccccc1)[C@H](Cc1ccccc1)NC(=O)N1CCC(N2CCCCC2)CC1. The van der Waals surface area contributed by atoms with Crippen molar-refractivity contribution in [2.24, 2.45) is 0 Å². The fourth-order valence-electron chi connectivity index (χ4n) is 4.83. The van der Waals surface area contributed by atoms with Crippen LogP contribution in [0.15, 0.2) is 60.7 Å². The van der Waals surface area contributed by atoms with E-state index in [0.29, 0.717) is 12.5 Å². The van der Waals surface area contributed by atoms with Gasteiger partial charge in [0.1, 0.15) is 12.6 Å². The third-order valence-corrected chi connectivity index (χ3v) is 6.75. The Labute approximate surface area is 196 Å². The highest BCUT2D eigenvalue weighted by molar-refractivity contribution is 5.84. The maximum Gasteiger partial charge on any atom is 0.329 e. The number of nitrogens with zero attached hydrogens (tertiary/aromatic N) is 2. The number of benzene rings is 2. The molecule has 2 amide bonds. The number of carbonyl (C=O) groups is 2. The van der Waals surface area contributed by atoms with Gasteiger partial charge in [0.2, 0.25) is 0 Å². The van der Waals surface area contributed by atoms with Crippen LogP contribution in [0.25, 0.3) is 0 Å². The lowest BCUT2D eigenvalue weighted by molar-refractivity contribution is -0.147. The molecule has 2 aromatic carbocycles. The molecule has 2 aromatic rings. The summed E-state index contributed by atoms with van der Waals surface area (Å²) < 4.78 is 5.57. The second-order valence-corrected chi connectivity index (χ2v) is 9.10. The summed E-state index contributed by atoms with van der Waals surface area (Å²) in [7, 11) is 0. The number of hydrogen-bond donors (Lipinski definition) is 1. The van der Waals surface area contributed by atoms with Crippen LogP contribution in [0.1, 0.15) is 43.2 Å². The molecule has 6 nitrogen and oxygen atoms in total. The van der Waals surface area contributed by atoms with Crippen LogP contribution < -0.4 is 5.32 Å². The molecule has 0 bridgehead atoms. The minimum absolute atomic E-state index is 0.176. The summed E-state index contributed by atoms with van der Waals surface area (Å²) in [4.78, 5) is 30.4. The topological polar surface area (TPSA) is 61.9 Å². The van der Waals surface area contributed by atoms with Crippen LogP contribution in [0.2, 0.25) is 0 Å². The molecule has 0 aromatic heterocycles. The van der Waals surface area contributed by atoms with Crippen LogP contribution >= 0.6 is 0 Å². The number of amides is 2. The van der Waals surface area contributed by atoms with Crippen molar-refractivity contribution < 1.29 is 14.3 Å². The molecule has 0 radical (unpaired) electrons. The van der Waals surface area contributed by atoms with Crippen LogP contribution in [0.5, 0.6) is 0 Å². The molecule has 2 saturated heterocycles. The largest absolute Gasteiger partial charge is 0.459 e. The number of likely N-dealkylation sites (tertiary alicyclic amines) is 2.